The van der Waals surface area contributed by atoms with E-state index >= 15 is 0 Å². The summed E-state index contributed by atoms with van der Waals surface area (Å²) in [6.07, 6.45) is 5.66. The Kier molecular flexibility index (Phi) is 13.8. The van der Waals surface area contributed by atoms with Crippen LogP contribution in [0.5, 0.6) is 0 Å². The molecule has 10 heavy (non-hydrogen) atoms. The Labute approximate surface area is 70.8 Å². The van der Waals surface area contributed by atoms with Crippen molar-refractivity contribution in [3.63, 3.8) is 0 Å². The van der Waals surface area contributed by atoms with Gasteiger partial charge in [-0.2, -0.15) is 0 Å². The molecule has 0 atom stereocenters. The van der Waals surface area contributed by atoms with E-state index in [4.69, 9.17) is 8.76 Å². The third-order valence-corrected chi connectivity index (χ3v) is 0.437. The smallest absolute Gasteiger partial charge is 0.0213 e. The molecule has 0 saturated carbocycles. The average molecular weight is 201 g/mol. The molecule has 0 aliphatic rings. The average Bonchev–Trinajstić information content (AvgIpc) is 1.93. The van der Waals surface area contributed by atoms with Crippen molar-refractivity contribution in [3.8, 4) is 0 Å². The summed E-state index contributed by atoms with van der Waals surface area (Å²) in [7, 11) is 0. The first-order chi connectivity index (χ1) is 4.41. The van der Waals surface area contributed by atoms with E-state index in [1.165, 1.54) is 0 Å². The van der Waals surface area contributed by atoms with Crippen LogP contribution in [-0.2, 0) is 14.6 Å². The van der Waals surface area contributed by atoms with Crippen LogP contribution in [0.15, 0.2) is 18.5 Å². The first-order valence-corrected chi connectivity index (χ1v) is 3.09. The summed E-state index contributed by atoms with van der Waals surface area (Å²) < 4.78 is 11.8. The monoisotopic (exact) mass is 201 g/mol. The van der Waals surface area contributed by atoms with Gasteiger partial charge in [0.05, 0.1) is 0 Å². The maximum Gasteiger partial charge on any atom is 0.0213 e. The number of halogens is 1. The normalized spacial score (nSPS) is 6.40. The summed E-state index contributed by atoms with van der Waals surface area (Å²) >= 11 is -0.250. The molecule has 0 bridgehead atoms. The molecule has 1 aromatic heterocycles. The molecule has 1 heterocycles. The van der Waals surface area contributed by atoms with Crippen LogP contribution in [0.25, 0.3) is 0 Å². The van der Waals surface area contributed by atoms with Crippen LogP contribution < -0.4 is 0 Å². The van der Waals surface area contributed by atoms with Gasteiger partial charge in [0.2, 0.25) is 0 Å². The largest absolute Gasteiger partial charge is 0.374 e. The van der Waals surface area contributed by atoms with Crippen LogP contribution in [-0.4, -0.2) is 9.97 Å². The summed E-state index contributed by atoms with van der Waals surface area (Å²) in [6, 6.07) is 1.75. The van der Waals surface area contributed by atoms with E-state index in [-0.39, 0.29) is 27.0 Å². The van der Waals surface area contributed by atoms with E-state index in [1.54, 1.807) is 18.5 Å². The Balaban J connectivity index is 0. The van der Waals surface area contributed by atoms with Crippen LogP contribution in [0.1, 0.15) is 0 Å². The fraction of sp³-hybridized carbons (Fsp3) is 0. The van der Waals surface area contributed by atoms with Crippen molar-refractivity contribution in [2.24, 2.45) is 0 Å². The Morgan fingerprint density at radius 2 is 1.60 bits per heavy atom. The molecular formula is C4H6ClFeN4-. The zero-order valence-corrected chi connectivity index (χ0v) is 6.81. The molecule has 0 radical (unpaired) electrons. The molecule has 1 rings (SSSR count). The number of hydrogen-bond donors (Lipinski definition) is 2. The zero-order valence-electron chi connectivity index (χ0n) is 4.89. The second kappa shape index (κ2) is 11.3. The summed E-state index contributed by atoms with van der Waals surface area (Å²) in [6.45, 7) is 0. The van der Waals surface area contributed by atoms with Gasteiger partial charge in [-0.3, -0.25) is 0 Å². The summed E-state index contributed by atoms with van der Waals surface area (Å²) in [5.41, 5.74) is 0. The van der Waals surface area contributed by atoms with Crippen molar-refractivity contribution in [2.45, 2.75) is 0 Å². The molecule has 0 fully saturated rings. The van der Waals surface area contributed by atoms with Crippen LogP contribution in [0, 0.1) is 15.1 Å². The van der Waals surface area contributed by atoms with Gasteiger partial charge in [-0.15, -0.1) is 18.5 Å². The van der Waals surface area contributed by atoms with Crippen LogP contribution >= 0.6 is 12.4 Å². The predicted octanol–water partition coefficient (Wildman–Crippen LogP) is 1.29. The van der Waals surface area contributed by atoms with Crippen LogP contribution in [0.4, 0.5) is 0 Å². The van der Waals surface area contributed by atoms with Gasteiger partial charge in [0.1, 0.15) is 0 Å². The summed E-state index contributed by atoms with van der Waals surface area (Å²) in [5.74, 6) is 0. The first kappa shape index (κ1) is 12.2. The SMILES string of the molecule is Cl.[NH]=[Fe]=[NH].[c-]1ncccn1. The van der Waals surface area contributed by atoms with Gasteiger partial charge in [0.15, 0.2) is 0 Å². The van der Waals surface area contributed by atoms with Crippen LogP contribution in [0.2, 0.25) is 0 Å². The van der Waals surface area contributed by atoms with Gasteiger partial charge in [-0.1, -0.05) is 12.4 Å². The molecular weight excluding hydrogens is 195 g/mol. The fourth-order valence-electron chi connectivity index (χ4n) is 0.225. The predicted molar refractivity (Wildman–Crippen MR) is 33.6 cm³/mol. The molecule has 4 nitrogen and oxygen atoms in total. The van der Waals surface area contributed by atoms with E-state index in [9.17, 15) is 0 Å². The van der Waals surface area contributed by atoms with Crippen molar-refractivity contribution in [2.75, 3.05) is 0 Å². The number of nitrogens with one attached hydrogen (secondary N) is 2. The molecule has 0 unspecified atom stereocenters. The van der Waals surface area contributed by atoms with Gasteiger partial charge >= 0.3 is 23.3 Å². The van der Waals surface area contributed by atoms with Gasteiger partial charge in [-0.25, -0.2) is 0 Å². The Morgan fingerprint density at radius 1 is 1.20 bits per heavy atom. The second-order valence-electron chi connectivity index (χ2n) is 0.937. The standard InChI is InChI=1S/C4H3N2.ClH.Fe.2HN/c1-2-5-4-6-3-1;;;;/h1-3H;1H;;2*1H/q-1;;;;. The van der Waals surface area contributed by atoms with Crippen molar-refractivity contribution in [3.05, 3.63) is 24.8 Å². The molecule has 0 aliphatic carbocycles. The molecule has 0 saturated heterocycles. The molecule has 58 valence electrons. The molecule has 0 aromatic carbocycles. The van der Waals surface area contributed by atoms with Gasteiger partial charge in [0, 0.05) is 6.33 Å². The van der Waals surface area contributed by atoms with Crippen molar-refractivity contribution in [1.82, 2.24) is 9.97 Å². The minimum absolute atomic E-state index is 0. The third-order valence-electron chi connectivity index (χ3n) is 0.437. The molecule has 1 aromatic rings. The molecule has 0 amide bonds. The number of hydrogen-bond acceptors (Lipinski definition) is 4. The van der Waals surface area contributed by atoms with Gasteiger partial charge < -0.3 is 9.97 Å². The van der Waals surface area contributed by atoms with E-state index in [0.717, 1.165) is 0 Å². The number of nitrogens with zero attached hydrogens (tertiary/aromatic N) is 2. The first-order valence-electron chi connectivity index (χ1n) is 1.98. The summed E-state index contributed by atoms with van der Waals surface area (Å²) in [4.78, 5) is 7.10. The molecule has 6 heteroatoms. The Hall–Kier alpha value is -0.511. The van der Waals surface area contributed by atoms with Crippen molar-refractivity contribution in [1.29, 1.82) is 8.76 Å². The van der Waals surface area contributed by atoms with E-state index < -0.39 is 0 Å². The maximum absolute atomic E-state index is 5.88. The van der Waals surface area contributed by atoms with E-state index in [2.05, 4.69) is 16.3 Å². The fourth-order valence-corrected chi connectivity index (χ4v) is 0.225. The minimum Gasteiger partial charge on any atom is -0.374 e. The van der Waals surface area contributed by atoms with Crippen LogP contribution in [0.3, 0.4) is 0 Å². The van der Waals surface area contributed by atoms with Gasteiger partial charge in [0.25, 0.3) is 0 Å². The molecule has 0 aliphatic heterocycles. The molecule has 0 spiro atoms. The third kappa shape index (κ3) is 10.5. The zero-order chi connectivity index (χ0) is 6.95. The quantitative estimate of drug-likeness (QED) is 0.490. The van der Waals surface area contributed by atoms with Gasteiger partial charge in [-0.05, 0) is 0 Å². The van der Waals surface area contributed by atoms with E-state index in [1.807, 2.05) is 0 Å². The second-order valence-corrected chi connectivity index (χ2v) is 1.21. The van der Waals surface area contributed by atoms with E-state index in [0.29, 0.717) is 0 Å². The van der Waals surface area contributed by atoms with Crippen molar-refractivity contribution >= 4 is 12.4 Å². The Bertz CT molecular complexity index is 147. The molecule has 2 N–H and O–H groups in total. The van der Waals surface area contributed by atoms with Crippen molar-refractivity contribution < 1.29 is 14.6 Å². The number of rotatable bonds is 0. The number of aromatic nitrogens is 2. The maximum atomic E-state index is 5.88. The Morgan fingerprint density at radius 3 is 1.70 bits per heavy atom. The summed E-state index contributed by atoms with van der Waals surface area (Å²) in [5, 5.41) is 0. The minimum atomic E-state index is -0.250. The topological polar surface area (TPSA) is 73.5 Å².